The molecule has 1 N–H and O–H groups in total. The number of hydrogen-bond acceptors (Lipinski definition) is 3. The van der Waals surface area contributed by atoms with Crippen LogP contribution in [0.1, 0.15) is 27.3 Å². The number of carbonyl (C=O) groups is 1. The van der Waals surface area contributed by atoms with E-state index in [2.05, 4.69) is 28.6 Å². The first-order valence-electron chi connectivity index (χ1n) is 11.3. The van der Waals surface area contributed by atoms with E-state index in [1.165, 1.54) is 0 Å². The van der Waals surface area contributed by atoms with Crippen molar-refractivity contribution >= 4 is 16.9 Å². The summed E-state index contributed by atoms with van der Waals surface area (Å²) in [6.07, 6.45) is 3.30. The number of carbonyl (C=O) groups excluding carboxylic acids is 1. The Morgan fingerprint density at radius 3 is 2.64 bits per heavy atom. The highest BCUT2D eigenvalue weighted by Gasteiger charge is 2.12. The van der Waals surface area contributed by atoms with Gasteiger partial charge in [-0.1, -0.05) is 54.1 Å². The Kier molecular flexibility index (Phi) is 7.20. The predicted octanol–water partition coefficient (Wildman–Crippen LogP) is 5.12. The van der Waals surface area contributed by atoms with Crippen LogP contribution < -0.4 is 10.1 Å². The fraction of sp³-hybridized carbons (Fsp3) is 0.214. The summed E-state index contributed by atoms with van der Waals surface area (Å²) in [7, 11) is 0. The Balaban J connectivity index is 1.43. The summed E-state index contributed by atoms with van der Waals surface area (Å²) in [6.45, 7) is 7.55. The molecular formula is C28H29N3O2. The predicted molar refractivity (Wildman–Crippen MR) is 133 cm³/mol. The Morgan fingerprint density at radius 1 is 1.06 bits per heavy atom. The number of hydrogen-bond donors (Lipinski definition) is 1. The van der Waals surface area contributed by atoms with Crippen LogP contribution in [0.3, 0.4) is 0 Å². The molecule has 0 saturated carbocycles. The minimum Gasteiger partial charge on any atom is -0.491 e. The van der Waals surface area contributed by atoms with Crippen molar-refractivity contribution in [3.63, 3.8) is 0 Å². The molecule has 3 aromatic carbocycles. The number of aromatic nitrogens is 2. The van der Waals surface area contributed by atoms with Gasteiger partial charge in [0.1, 0.15) is 18.2 Å². The van der Waals surface area contributed by atoms with Gasteiger partial charge < -0.3 is 14.6 Å². The van der Waals surface area contributed by atoms with E-state index >= 15 is 0 Å². The van der Waals surface area contributed by atoms with E-state index in [9.17, 15) is 4.79 Å². The molecule has 0 aliphatic rings. The Hall–Kier alpha value is -3.86. The van der Waals surface area contributed by atoms with Gasteiger partial charge >= 0.3 is 0 Å². The Morgan fingerprint density at radius 2 is 1.82 bits per heavy atom. The van der Waals surface area contributed by atoms with Gasteiger partial charge in [-0.25, -0.2) is 4.98 Å². The number of amides is 1. The number of imidazole rings is 1. The number of nitrogens with zero attached hydrogens (tertiary/aromatic N) is 2. The first-order valence-corrected chi connectivity index (χ1v) is 11.3. The van der Waals surface area contributed by atoms with Gasteiger partial charge in [-0.05, 0) is 49.2 Å². The van der Waals surface area contributed by atoms with Crippen molar-refractivity contribution in [3.8, 4) is 5.75 Å². The second kappa shape index (κ2) is 10.6. The van der Waals surface area contributed by atoms with Crippen LogP contribution in [0, 0.1) is 6.92 Å². The molecule has 0 aliphatic heterocycles. The fourth-order valence-electron chi connectivity index (χ4n) is 3.88. The third kappa shape index (κ3) is 5.50. The van der Waals surface area contributed by atoms with Gasteiger partial charge in [-0.3, -0.25) is 4.79 Å². The summed E-state index contributed by atoms with van der Waals surface area (Å²) < 4.78 is 8.29. The van der Waals surface area contributed by atoms with Gasteiger partial charge in [0, 0.05) is 18.5 Å². The highest BCUT2D eigenvalue weighted by atomic mass is 16.5. The zero-order valence-electron chi connectivity index (χ0n) is 19.0. The van der Waals surface area contributed by atoms with Crippen molar-refractivity contribution in [2.75, 3.05) is 13.2 Å². The van der Waals surface area contributed by atoms with Crippen LogP contribution in [0.15, 0.2) is 85.5 Å². The molecule has 0 fully saturated rings. The Labute approximate surface area is 194 Å². The molecular weight excluding hydrogens is 410 g/mol. The number of fused-ring (bicyclic) bond motifs is 1. The second-order valence-electron chi connectivity index (χ2n) is 7.99. The molecule has 0 atom stereocenters. The molecule has 168 valence electrons. The van der Waals surface area contributed by atoms with Crippen molar-refractivity contribution in [2.24, 2.45) is 0 Å². The first kappa shape index (κ1) is 22.3. The van der Waals surface area contributed by atoms with Crippen LogP contribution in [0.2, 0.25) is 0 Å². The standard InChI is InChI=1S/C28H29N3O2/c1-3-8-22-9-4-7-12-26(22)33-20-19-31-25-11-6-5-10-24(25)30-27(31)17-18-29-28(32)23-15-13-21(2)14-16-23/h3-7,9-16H,1,8,17-20H2,2H3,(H,29,32). The van der Waals surface area contributed by atoms with Crippen molar-refractivity contribution < 1.29 is 9.53 Å². The van der Waals surface area contributed by atoms with Crippen LogP contribution >= 0.6 is 0 Å². The molecule has 4 aromatic rings. The normalized spacial score (nSPS) is 10.8. The molecule has 0 unspecified atom stereocenters. The molecule has 0 spiro atoms. The maximum atomic E-state index is 12.5. The van der Waals surface area contributed by atoms with Crippen molar-refractivity contribution in [2.45, 2.75) is 26.3 Å². The summed E-state index contributed by atoms with van der Waals surface area (Å²) in [4.78, 5) is 17.3. The molecule has 4 rings (SSSR count). The van der Waals surface area contributed by atoms with Crippen LogP contribution in [-0.4, -0.2) is 28.6 Å². The summed E-state index contributed by atoms with van der Waals surface area (Å²) in [5.74, 6) is 1.75. The van der Waals surface area contributed by atoms with Gasteiger partial charge in [0.25, 0.3) is 5.91 Å². The molecule has 1 aromatic heterocycles. The summed E-state index contributed by atoms with van der Waals surface area (Å²) in [5.41, 5.74) is 4.95. The average molecular weight is 440 g/mol. The molecule has 1 amide bonds. The summed E-state index contributed by atoms with van der Waals surface area (Å²) in [5, 5.41) is 3.01. The van der Waals surface area contributed by atoms with Crippen molar-refractivity contribution in [1.29, 1.82) is 0 Å². The molecule has 5 heteroatoms. The molecule has 0 aliphatic carbocycles. The molecule has 5 nitrogen and oxygen atoms in total. The van der Waals surface area contributed by atoms with E-state index in [0.717, 1.165) is 40.2 Å². The van der Waals surface area contributed by atoms with E-state index < -0.39 is 0 Å². The maximum absolute atomic E-state index is 12.5. The molecule has 33 heavy (non-hydrogen) atoms. The minimum atomic E-state index is -0.0696. The zero-order chi connectivity index (χ0) is 23.0. The number of aryl methyl sites for hydroxylation is 1. The average Bonchev–Trinajstić information content (AvgIpc) is 3.18. The minimum absolute atomic E-state index is 0.0696. The van der Waals surface area contributed by atoms with Crippen molar-refractivity contribution in [3.05, 3.63) is 108 Å². The molecule has 0 saturated heterocycles. The van der Waals surface area contributed by atoms with Gasteiger partial charge in [-0.2, -0.15) is 0 Å². The quantitative estimate of drug-likeness (QED) is 0.349. The highest BCUT2D eigenvalue weighted by molar-refractivity contribution is 5.94. The smallest absolute Gasteiger partial charge is 0.251 e. The number of rotatable bonds is 10. The number of allylic oxidation sites excluding steroid dienone is 1. The molecule has 0 bridgehead atoms. The lowest BCUT2D eigenvalue weighted by Crippen LogP contribution is -2.26. The maximum Gasteiger partial charge on any atom is 0.251 e. The fourth-order valence-corrected chi connectivity index (χ4v) is 3.88. The number of para-hydroxylation sites is 3. The lowest BCUT2D eigenvalue weighted by atomic mass is 10.1. The lowest BCUT2D eigenvalue weighted by molar-refractivity contribution is 0.0954. The van der Waals surface area contributed by atoms with Gasteiger partial charge in [-0.15, -0.1) is 6.58 Å². The first-order chi connectivity index (χ1) is 16.2. The van der Waals surface area contributed by atoms with E-state index in [1.807, 2.05) is 73.7 Å². The van der Waals surface area contributed by atoms with Gasteiger partial charge in [0.15, 0.2) is 0 Å². The van der Waals surface area contributed by atoms with Crippen molar-refractivity contribution in [1.82, 2.24) is 14.9 Å². The van der Waals surface area contributed by atoms with Crippen LogP contribution in [0.4, 0.5) is 0 Å². The summed E-state index contributed by atoms with van der Waals surface area (Å²) in [6, 6.07) is 23.7. The number of benzene rings is 3. The topological polar surface area (TPSA) is 56.1 Å². The van der Waals surface area contributed by atoms with E-state index in [4.69, 9.17) is 9.72 Å². The van der Waals surface area contributed by atoms with Crippen LogP contribution in [0.25, 0.3) is 11.0 Å². The number of ether oxygens (including phenoxy) is 1. The van der Waals surface area contributed by atoms with E-state index in [0.29, 0.717) is 31.7 Å². The largest absolute Gasteiger partial charge is 0.491 e. The van der Waals surface area contributed by atoms with Gasteiger partial charge in [0.2, 0.25) is 0 Å². The molecule has 1 heterocycles. The molecule has 0 radical (unpaired) electrons. The van der Waals surface area contributed by atoms with Crippen LogP contribution in [-0.2, 0) is 19.4 Å². The lowest BCUT2D eigenvalue weighted by Gasteiger charge is -2.13. The SMILES string of the molecule is C=CCc1ccccc1OCCn1c(CCNC(=O)c2ccc(C)cc2)nc2ccccc21. The van der Waals surface area contributed by atoms with E-state index in [-0.39, 0.29) is 5.91 Å². The third-order valence-corrected chi connectivity index (χ3v) is 5.59. The Bertz CT molecular complexity index is 1240. The van der Waals surface area contributed by atoms with Gasteiger partial charge in [0.05, 0.1) is 17.6 Å². The number of nitrogens with one attached hydrogen (secondary N) is 1. The summed E-state index contributed by atoms with van der Waals surface area (Å²) >= 11 is 0. The van der Waals surface area contributed by atoms with E-state index in [1.54, 1.807) is 0 Å². The highest BCUT2D eigenvalue weighted by Crippen LogP contribution is 2.20. The van der Waals surface area contributed by atoms with Crippen LogP contribution in [0.5, 0.6) is 5.75 Å². The second-order valence-corrected chi connectivity index (χ2v) is 7.99. The monoisotopic (exact) mass is 439 g/mol. The zero-order valence-corrected chi connectivity index (χ0v) is 19.0. The third-order valence-electron chi connectivity index (χ3n) is 5.59.